The average Bonchev–Trinajstić information content (AvgIpc) is 3.15. The number of carbonyl (C=O) groups excluding carboxylic acids is 1. The van der Waals surface area contributed by atoms with Crippen molar-refractivity contribution in [3.63, 3.8) is 0 Å². The van der Waals surface area contributed by atoms with Gasteiger partial charge in [0.25, 0.3) is 12.0 Å². The molecule has 0 spiro atoms. The van der Waals surface area contributed by atoms with Gasteiger partial charge < -0.3 is 5.32 Å². The lowest BCUT2D eigenvalue weighted by Crippen LogP contribution is -2.35. The number of nitrogens with zero attached hydrogens (tertiary/aromatic N) is 4. The van der Waals surface area contributed by atoms with Gasteiger partial charge in [-0.3, -0.25) is 19.1 Å². The largest absolute Gasteiger partial charge is 0.308 e. The highest BCUT2D eigenvalue weighted by Gasteiger charge is 2.28. The van der Waals surface area contributed by atoms with Crippen molar-refractivity contribution >= 4 is 11.7 Å². The number of nitrogens with one attached hydrogen (secondary N) is 1. The lowest BCUT2D eigenvalue weighted by Gasteiger charge is -2.22. The number of aryl methyl sites for hydroxylation is 1. The SMILES string of the molecule is Cc1cnc(NC(=O)[C@H](CC2CCCC2)n2cnc(C(F)F)cc2=O)cn1. The normalized spacial score (nSPS) is 15.9. The molecule has 1 amide bonds. The van der Waals surface area contributed by atoms with Crippen LogP contribution in [0, 0.1) is 12.8 Å². The Balaban J connectivity index is 1.87. The fraction of sp³-hybridized carbons (Fsp3) is 0.500. The lowest BCUT2D eigenvalue weighted by molar-refractivity contribution is -0.119. The van der Waals surface area contributed by atoms with Crippen molar-refractivity contribution in [3.05, 3.63) is 46.5 Å². The molecular weight excluding hydrogens is 356 g/mol. The Morgan fingerprint density at radius 3 is 2.59 bits per heavy atom. The van der Waals surface area contributed by atoms with Gasteiger partial charge in [-0.25, -0.2) is 18.7 Å². The molecule has 0 aliphatic heterocycles. The summed E-state index contributed by atoms with van der Waals surface area (Å²) < 4.78 is 26.7. The summed E-state index contributed by atoms with van der Waals surface area (Å²) in [7, 11) is 0. The summed E-state index contributed by atoms with van der Waals surface area (Å²) >= 11 is 0. The monoisotopic (exact) mass is 377 g/mol. The van der Waals surface area contributed by atoms with Crippen LogP contribution >= 0.6 is 0 Å². The molecule has 2 aromatic heterocycles. The van der Waals surface area contributed by atoms with E-state index in [4.69, 9.17) is 0 Å². The number of carbonyl (C=O) groups is 1. The Morgan fingerprint density at radius 1 is 1.26 bits per heavy atom. The lowest BCUT2D eigenvalue weighted by atomic mass is 9.97. The molecule has 2 heterocycles. The summed E-state index contributed by atoms with van der Waals surface area (Å²) in [5.41, 5.74) is -0.562. The number of hydrogen-bond donors (Lipinski definition) is 1. The highest BCUT2D eigenvalue weighted by molar-refractivity contribution is 5.92. The van der Waals surface area contributed by atoms with Crippen molar-refractivity contribution in [2.24, 2.45) is 5.92 Å². The minimum absolute atomic E-state index is 0.271. The number of hydrogen-bond acceptors (Lipinski definition) is 5. The van der Waals surface area contributed by atoms with E-state index in [0.717, 1.165) is 42.6 Å². The van der Waals surface area contributed by atoms with Crippen LogP contribution in [0.1, 0.15) is 56.0 Å². The average molecular weight is 377 g/mol. The molecule has 1 atom stereocenters. The first-order chi connectivity index (χ1) is 12.9. The highest BCUT2D eigenvalue weighted by atomic mass is 19.3. The molecule has 144 valence electrons. The Morgan fingerprint density at radius 2 is 2.00 bits per heavy atom. The van der Waals surface area contributed by atoms with Gasteiger partial charge in [-0.05, 0) is 19.3 Å². The summed E-state index contributed by atoms with van der Waals surface area (Å²) in [6.07, 6.45) is 5.71. The molecule has 1 aliphatic carbocycles. The van der Waals surface area contributed by atoms with Crippen molar-refractivity contribution in [2.45, 2.75) is 51.5 Å². The third kappa shape index (κ3) is 4.72. The molecule has 0 saturated heterocycles. The second-order valence-corrected chi connectivity index (χ2v) is 6.79. The summed E-state index contributed by atoms with van der Waals surface area (Å²) in [5, 5.41) is 2.66. The molecular formula is C18H21F2N5O2. The molecule has 0 unspecified atom stereocenters. The Hall–Kier alpha value is -2.71. The van der Waals surface area contributed by atoms with Gasteiger partial charge in [0.05, 0.1) is 24.4 Å². The molecule has 7 nitrogen and oxygen atoms in total. The topological polar surface area (TPSA) is 89.8 Å². The maximum atomic E-state index is 12.8. The van der Waals surface area contributed by atoms with Crippen LogP contribution in [-0.2, 0) is 4.79 Å². The van der Waals surface area contributed by atoms with E-state index in [9.17, 15) is 18.4 Å². The fourth-order valence-corrected chi connectivity index (χ4v) is 3.35. The van der Waals surface area contributed by atoms with Gasteiger partial charge >= 0.3 is 0 Å². The maximum absolute atomic E-state index is 12.8. The van der Waals surface area contributed by atoms with Gasteiger partial charge in [-0.15, -0.1) is 0 Å². The van der Waals surface area contributed by atoms with E-state index >= 15 is 0 Å². The van der Waals surface area contributed by atoms with E-state index in [1.807, 2.05) is 0 Å². The van der Waals surface area contributed by atoms with Crippen LogP contribution in [0.25, 0.3) is 0 Å². The Kier molecular flexibility index (Phi) is 5.88. The van der Waals surface area contributed by atoms with Crippen LogP contribution in [0.15, 0.2) is 29.6 Å². The second-order valence-electron chi connectivity index (χ2n) is 6.79. The number of rotatable bonds is 6. The number of anilines is 1. The molecule has 0 bridgehead atoms. The molecule has 1 saturated carbocycles. The number of halogens is 2. The highest BCUT2D eigenvalue weighted by Crippen LogP contribution is 2.32. The smallest absolute Gasteiger partial charge is 0.280 e. The Bertz CT molecular complexity index is 848. The van der Waals surface area contributed by atoms with Gasteiger partial charge in [0.2, 0.25) is 5.91 Å². The van der Waals surface area contributed by atoms with E-state index in [2.05, 4.69) is 20.3 Å². The minimum atomic E-state index is -2.84. The molecule has 0 aromatic carbocycles. The molecule has 0 radical (unpaired) electrons. The van der Waals surface area contributed by atoms with Crippen LogP contribution < -0.4 is 10.9 Å². The predicted octanol–water partition coefficient (Wildman–Crippen LogP) is 3.04. The molecule has 3 rings (SSSR count). The Labute approximate surface area is 154 Å². The van der Waals surface area contributed by atoms with Crippen LogP contribution in [0.3, 0.4) is 0 Å². The molecule has 27 heavy (non-hydrogen) atoms. The van der Waals surface area contributed by atoms with E-state index in [0.29, 0.717) is 18.0 Å². The van der Waals surface area contributed by atoms with Crippen molar-refractivity contribution < 1.29 is 13.6 Å². The number of aromatic nitrogens is 4. The molecule has 1 N–H and O–H groups in total. The van der Waals surface area contributed by atoms with Crippen LogP contribution in [0.4, 0.5) is 14.6 Å². The number of amides is 1. The van der Waals surface area contributed by atoms with Crippen molar-refractivity contribution in [1.82, 2.24) is 19.5 Å². The summed E-state index contributed by atoms with van der Waals surface area (Å²) in [6.45, 7) is 1.78. The van der Waals surface area contributed by atoms with Crippen molar-refractivity contribution in [1.29, 1.82) is 0 Å². The first-order valence-electron chi connectivity index (χ1n) is 8.90. The molecule has 2 aromatic rings. The van der Waals surface area contributed by atoms with Gasteiger partial charge in [0, 0.05) is 6.07 Å². The first kappa shape index (κ1) is 19.1. The predicted molar refractivity (Wildman–Crippen MR) is 94.5 cm³/mol. The van der Waals surface area contributed by atoms with Gasteiger partial charge in [-0.2, -0.15) is 0 Å². The fourth-order valence-electron chi connectivity index (χ4n) is 3.35. The van der Waals surface area contributed by atoms with Crippen LogP contribution in [0.5, 0.6) is 0 Å². The van der Waals surface area contributed by atoms with E-state index in [-0.39, 0.29) is 5.82 Å². The van der Waals surface area contributed by atoms with Gasteiger partial charge in [-0.1, -0.05) is 25.7 Å². The van der Waals surface area contributed by atoms with E-state index in [1.54, 1.807) is 6.92 Å². The molecule has 1 fully saturated rings. The zero-order valence-electron chi connectivity index (χ0n) is 14.9. The van der Waals surface area contributed by atoms with E-state index < -0.39 is 29.6 Å². The molecule has 1 aliphatic rings. The van der Waals surface area contributed by atoms with Crippen molar-refractivity contribution in [3.8, 4) is 0 Å². The summed E-state index contributed by atoms with van der Waals surface area (Å²) in [5.74, 6) is 0.132. The quantitative estimate of drug-likeness (QED) is 0.836. The van der Waals surface area contributed by atoms with Gasteiger partial charge in [0.15, 0.2) is 5.82 Å². The zero-order valence-corrected chi connectivity index (χ0v) is 14.9. The van der Waals surface area contributed by atoms with Crippen molar-refractivity contribution in [2.75, 3.05) is 5.32 Å². The van der Waals surface area contributed by atoms with E-state index in [1.165, 1.54) is 12.4 Å². The van der Waals surface area contributed by atoms with Crippen LogP contribution in [0.2, 0.25) is 0 Å². The summed E-state index contributed by atoms with van der Waals surface area (Å²) in [4.78, 5) is 37.0. The third-order valence-electron chi connectivity index (χ3n) is 4.78. The third-order valence-corrected chi connectivity index (χ3v) is 4.78. The maximum Gasteiger partial charge on any atom is 0.280 e. The minimum Gasteiger partial charge on any atom is -0.308 e. The molecule has 9 heteroatoms. The first-order valence-corrected chi connectivity index (χ1v) is 8.90. The standard InChI is InChI=1S/C18H21F2N5O2/c1-11-8-22-15(9-21-11)24-18(27)14(6-12-4-2-3-5-12)25-10-23-13(17(19)20)7-16(25)26/h7-10,12,14,17H,2-6H2,1H3,(H,22,24,27)/t14-/m0/s1. The summed E-state index contributed by atoms with van der Waals surface area (Å²) in [6, 6.07) is -0.0615. The second kappa shape index (κ2) is 8.32. The zero-order chi connectivity index (χ0) is 19.4. The number of alkyl halides is 2. The van der Waals surface area contributed by atoms with Crippen LogP contribution in [-0.4, -0.2) is 25.4 Å². The van der Waals surface area contributed by atoms with Gasteiger partial charge in [0.1, 0.15) is 11.7 Å².